The molecular weight excluding hydrogens is 172 g/mol. The smallest absolute Gasteiger partial charge is 0.0893 e. The van der Waals surface area contributed by atoms with Crippen LogP contribution in [0.25, 0.3) is 0 Å². The van der Waals surface area contributed by atoms with Crippen molar-refractivity contribution < 1.29 is 4.74 Å². The monoisotopic (exact) mass is 196 g/mol. The molecule has 1 aliphatic heterocycles. The molecule has 0 aromatic carbocycles. The van der Waals surface area contributed by atoms with Gasteiger partial charge in [-0.3, -0.25) is 0 Å². The third kappa shape index (κ3) is 3.45. The van der Waals surface area contributed by atoms with Gasteiger partial charge in [-0.15, -0.1) is 6.58 Å². The number of hydrogen-bond donors (Lipinski definition) is 0. The summed E-state index contributed by atoms with van der Waals surface area (Å²) in [7, 11) is 0. The van der Waals surface area contributed by atoms with Crippen LogP contribution < -0.4 is 0 Å². The summed E-state index contributed by atoms with van der Waals surface area (Å²) in [6, 6.07) is 0. The van der Waals surface area contributed by atoms with E-state index in [0.29, 0.717) is 5.41 Å². The van der Waals surface area contributed by atoms with Crippen LogP contribution in [0.3, 0.4) is 0 Å². The SMILES string of the molecule is C=CC(C)(C)CC(C)(C)CC1(C)CO1. The van der Waals surface area contributed by atoms with Crippen LogP contribution in [-0.4, -0.2) is 12.2 Å². The fraction of sp³-hybridized carbons (Fsp3) is 0.846. The van der Waals surface area contributed by atoms with Gasteiger partial charge in [0, 0.05) is 0 Å². The number of hydrogen-bond acceptors (Lipinski definition) is 1. The van der Waals surface area contributed by atoms with E-state index in [0.717, 1.165) is 13.0 Å². The van der Waals surface area contributed by atoms with Crippen molar-refractivity contribution in [2.24, 2.45) is 10.8 Å². The molecule has 1 saturated heterocycles. The highest BCUT2D eigenvalue weighted by molar-refractivity contribution is 4.97. The lowest BCUT2D eigenvalue weighted by atomic mass is 9.71. The van der Waals surface area contributed by atoms with Gasteiger partial charge in [0.15, 0.2) is 0 Å². The maximum absolute atomic E-state index is 5.45. The van der Waals surface area contributed by atoms with Crippen LogP contribution >= 0.6 is 0 Å². The molecule has 1 rings (SSSR count). The quantitative estimate of drug-likeness (QED) is 0.481. The van der Waals surface area contributed by atoms with Crippen molar-refractivity contribution in [1.82, 2.24) is 0 Å². The van der Waals surface area contributed by atoms with Gasteiger partial charge in [0.2, 0.25) is 0 Å². The molecule has 0 aromatic heterocycles. The first-order valence-electron chi connectivity index (χ1n) is 5.46. The summed E-state index contributed by atoms with van der Waals surface area (Å²) in [4.78, 5) is 0. The van der Waals surface area contributed by atoms with Gasteiger partial charge < -0.3 is 4.74 Å². The maximum Gasteiger partial charge on any atom is 0.0893 e. The normalized spacial score (nSPS) is 27.5. The van der Waals surface area contributed by atoms with Gasteiger partial charge in [-0.25, -0.2) is 0 Å². The van der Waals surface area contributed by atoms with Gasteiger partial charge in [0.05, 0.1) is 12.2 Å². The molecule has 14 heavy (non-hydrogen) atoms. The summed E-state index contributed by atoms with van der Waals surface area (Å²) in [5, 5.41) is 0. The maximum atomic E-state index is 5.45. The van der Waals surface area contributed by atoms with Gasteiger partial charge in [-0.2, -0.15) is 0 Å². The molecule has 1 fully saturated rings. The van der Waals surface area contributed by atoms with E-state index >= 15 is 0 Å². The van der Waals surface area contributed by atoms with E-state index in [1.807, 2.05) is 0 Å². The van der Waals surface area contributed by atoms with E-state index in [1.165, 1.54) is 6.42 Å². The lowest BCUT2D eigenvalue weighted by Gasteiger charge is -2.34. The zero-order valence-electron chi connectivity index (χ0n) is 10.3. The average molecular weight is 196 g/mol. The largest absolute Gasteiger partial charge is 0.370 e. The van der Waals surface area contributed by atoms with Crippen molar-refractivity contribution in [2.45, 2.75) is 53.1 Å². The van der Waals surface area contributed by atoms with Crippen molar-refractivity contribution >= 4 is 0 Å². The van der Waals surface area contributed by atoms with E-state index in [1.54, 1.807) is 0 Å². The number of ether oxygens (including phenoxy) is 1. The van der Waals surface area contributed by atoms with Crippen molar-refractivity contribution in [1.29, 1.82) is 0 Å². The molecule has 1 atom stereocenters. The predicted octanol–water partition coefficient (Wildman–Crippen LogP) is 3.79. The third-order valence-corrected chi connectivity index (χ3v) is 2.98. The highest BCUT2D eigenvalue weighted by Crippen LogP contribution is 2.44. The number of epoxide rings is 1. The predicted molar refractivity (Wildman–Crippen MR) is 61.4 cm³/mol. The molecule has 0 amide bonds. The molecule has 1 heteroatoms. The average Bonchev–Trinajstić information content (AvgIpc) is 2.63. The molecule has 1 nitrogen and oxygen atoms in total. The Morgan fingerprint density at radius 3 is 2.21 bits per heavy atom. The minimum Gasteiger partial charge on any atom is -0.370 e. The molecule has 0 radical (unpaired) electrons. The Morgan fingerprint density at radius 1 is 1.36 bits per heavy atom. The summed E-state index contributed by atoms with van der Waals surface area (Å²) in [6.07, 6.45) is 4.38. The van der Waals surface area contributed by atoms with Gasteiger partial charge >= 0.3 is 0 Å². The van der Waals surface area contributed by atoms with Crippen LogP contribution in [0.15, 0.2) is 12.7 Å². The fourth-order valence-corrected chi connectivity index (χ4v) is 2.61. The molecule has 1 unspecified atom stereocenters. The minimum atomic E-state index is 0.167. The van der Waals surface area contributed by atoms with Crippen LogP contribution in [-0.2, 0) is 4.74 Å². The molecule has 0 N–H and O–H groups in total. The van der Waals surface area contributed by atoms with Crippen molar-refractivity contribution in [2.75, 3.05) is 6.61 Å². The van der Waals surface area contributed by atoms with Crippen LogP contribution in [0.4, 0.5) is 0 Å². The third-order valence-electron chi connectivity index (χ3n) is 2.98. The molecule has 82 valence electrons. The van der Waals surface area contributed by atoms with Gasteiger partial charge in [-0.05, 0) is 30.6 Å². The Bertz CT molecular complexity index is 221. The van der Waals surface area contributed by atoms with Crippen molar-refractivity contribution in [3.05, 3.63) is 12.7 Å². The number of rotatable bonds is 5. The van der Waals surface area contributed by atoms with Gasteiger partial charge in [0.25, 0.3) is 0 Å². The molecule has 0 aliphatic carbocycles. The topological polar surface area (TPSA) is 12.5 Å². The Labute approximate surface area is 88.5 Å². The van der Waals surface area contributed by atoms with Crippen LogP contribution in [0.2, 0.25) is 0 Å². The van der Waals surface area contributed by atoms with Crippen LogP contribution in [0.1, 0.15) is 47.5 Å². The van der Waals surface area contributed by atoms with Crippen molar-refractivity contribution in [3.63, 3.8) is 0 Å². The van der Waals surface area contributed by atoms with E-state index in [4.69, 9.17) is 4.74 Å². The van der Waals surface area contributed by atoms with E-state index in [2.05, 4.69) is 47.3 Å². The zero-order valence-corrected chi connectivity index (χ0v) is 10.3. The van der Waals surface area contributed by atoms with E-state index in [-0.39, 0.29) is 11.0 Å². The highest BCUT2D eigenvalue weighted by atomic mass is 16.6. The molecular formula is C13H24O. The molecule has 1 aliphatic rings. The summed E-state index contributed by atoms with van der Waals surface area (Å²) < 4.78 is 5.45. The molecule has 1 heterocycles. The summed E-state index contributed by atoms with van der Waals surface area (Å²) >= 11 is 0. The summed E-state index contributed by atoms with van der Waals surface area (Å²) in [5.74, 6) is 0. The highest BCUT2D eigenvalue weighted by Gasteiger charge is 2.44. The van der Waals surface area contributed by atoms with Crippen LogP contribution in [0.5, 0.6) is 0 Å². The standard InChI is InChI=1S/C13H24O/c1-7-11(2,3)8-12(4,5)9-13(6)10-14-13/h7H,1,8-10H2,2-6H3. The fourth-order valence-electron chi connectivity index (χ4n) is 2.61. The molecule has 0 aromatic rings. The summed E-state index contributed by atoms with van der Waals surface area (Å²) in [5.41, 5.74) is 0.735. The van der Waals surface area contributed by atoms with Crippen LogP contribution in [0, 0.1) is 10.8 Å². The van der Waals surface area contributed by atoms with E-state index in [9.17, 15) is 0 Å². The van der Waals surface area contributed by atoms with Gasteiger partial charge in [0.1, 0.15) is 0 Å². The number of allylic oxidation sites excluding steroid dienone is 1. The second kappa shape index (κ2) is 3.37. The first-order chi connectivity index (χ1) is 6.18. The Kier molecular flexibility index (Phi) is 2.84. The minimum absolute atomic E-state index is 0.167. The Morgan fingerprint density at radius 2 is 1.86 bits per heavy atom. The lowest BCUT2D eigenvalue weighted by Crippen LogP contribution is -2.26. The molecule has 0 spiro atoms. The molecule has 0 bridgehead atoms. The zero-order chi connectivity index (χ0) is 11.0. The Balaban J connectivity index is 2.52. The lowest BCUT2D eigenvalue weighted by molar-refractivity contribution is 0.164. The molecule has 0 saturated carbocycles. The second-order valence-corrected chi connectivity index (χ2v) is 6.45. The van der Waals surface area contributed by atoms with Gasteiger partial charge in [-0.1, -0.05) is 33.8 Å². The second-order valence-electron chi connectivity index (χ2n) is 6.45. The Hall–Kier alpha value is -0.300. The van der Waals surface area contributed by atoms with E-state index < -0.39 is 0 Å². The first-order valence-corrected chi connectivity index (χ1v) is 5.46. The van der Waals surface area contributed by atoms with Crippen molar-refractivity contribution in [3.8, 4) is 0 Å². The summed E-state index contributed by atoms with van der Waals surface area (Å²) in [6.45, 7) is 16.2. The first kappa shape index (κ1) is 11.8.